The molecule has 1 aliphatic rings. The summed E-state index contributed by atoms with van der Waals surface area (Å²) in [5.74, 6) is -0.335. The number of nitrogens with zero attached hydrogens (tertiary/aromatic N) is 1. The lowest BCUT2D eigenvalue weighted by Crippen LogP contribution is -2.37. The fraction of sp³-hybridized carbons (Fsp3) is 0.455. The summed E-state index contributed by atoms with van der Waals surface area (Å²) in [4.78, 5) is 25.5. The second-order valence-electron chi connectivity index (χ2n) is 4.24. The molecule has 0 radical (unpaired) electrons. The monoisotopic (exact) mass is 285 g/mol. The predicted molar refractivity (Wildman–Crippen MR) is 69.4 cm³/mol. The molecule has 0 atom stereocenters. The molecule has 1 aromatic heterocycles. The molecule has 0 bridgehead atoms. The Hall–Kier alpha value is -1.67. The van der Waals surface area contributed by atoms with E-state index in [-0.39, 0.29) is 24.4 Å². The van der Waals surface area contributed by atoms with Crippen molar-refractivity contribution in [2.24, 2.45) is 0 Å². The lowest BCUT2D eigenvalue weighted by atomic mass is 10.2. The summed E-state index contributed by atoms with van der Waals surface area (Å²) in [7, 11) is -3.14. The average Bonchev–Trinajstić information content (AvgIpc) is 2.69. The van der Waals surface area contributed by atoms with Gasteiger partial charge in [0, 0.05) is 25.8 Å². The third kappa shape index (κ3) is 3.21. The van der Waals surface area contributed by atoms with E-state index in [1.807, 2.05) is 0 Å². The van der Waals surface area contributed by atoms with Crippen LogP contribution < -0.4 is 10.9 Å². The number of sulfonamides is 1. The average molecular weight is 285 g/mol. The van der Waals surface area contributed by atoms with E-state index < -0.39 is 21.5 Å². The number of nitrogens with one attached hydrogen (secondary N) is 2. The van der Waals surface area contributed by atoms with Crippen LogP contribution in [0.1, 0.15) is 16.8 Å². The fourth-order valence-electron chi connectivity index (χ4n) is 1.93. The van der Waals surface area contributed by atoms with Crippen molar-refractivity contribution >= 4 is 15.9 Å². The minimum Gasteiger partial charge on any atom is -0.351 e. The zero-order valence-electron chi connectivity index (χ0n) is 10.3. The molecule has 2 N–H and O–H groups in total. The van der Waals surface area contributed by atoms with Crippen LogP contribution in [0.3, 0.4) is 0 Å². The second-order valence-corrected chi connectivity index (χ2v) is 6.33. The van der Waals surface area contributed by atoms with E-state index in [1.165, 1.54) is 16.6 Å². The molecule has 0 unspecified atom stereocenters. The topological polar surface area (TPSA) is 99.3 Å². The van der Waals surface area contributed by atoms with Crippen molar-refractivity contribution in [3.63, 3.8) is 0 Å². The normalized spacial score (nSPS) is 18.3. The number of carbonyl (C=O) groups is 1. The predicted octanol–water partition coefficient (Wildman–Crippen LogP) is -0.860. The summed E-state index contributed by atoms with van der Waals surface area (Å²) in [6, 6.07) is 2.97. The Labute approximate surface area is 110 Å². The van der Waals surface area contributed by atoms with Gasteiger partial charge in [-0.15, -0.1) is 0 Å². The number of carbonyl (C=O) groups excluding carboxylic acids is 1. The van der Waals surface area contributed by atoms with E-state index in [0.29, 0.717) is 13.0 Å². The quantitative estimate of drug-likeness (QED) is 0.752. The first-order chi connectivity index (χ1) is 9.00. The van der Waals surface area contributed by atoms with Crippen LogP contribution in [0.25, 0.3) is 0 Å². The molecular formula is C11H15N3O4S. The van der Waals surface area contributed by atoms with Crippen LogP contribution in [0, 0.1) is 0 Å². The number of rotatable bonds is 4. The number of hydrogen-bond acceptors (Lipinski definition) is 4. The number of aromatic amines is 1. The van der Waals surface area contributed by atoms with Gasteiger partial charge in [0.25, 0.3) is 11.5 Å². The first kappa shape index (κ1) is 13.8. The summed E-state index contributed by atoms with van der Waals surface area (Å²) >= 11 is 0. The Morgan fingerprint density at radius 3 is 2.89 bits per heavy atom. The molecule has 0 aromatic carbocycles. The zero-order chi connectivity index (χ0) is 13.9. The van der Waals surface area contributed by atoms with Gasteiger partial charge in [-0.1, -0.05) is 0 Å². The highest BCUT2D eigenvalue weighted by Crippen LogP contribution is 2.11. The van der Waals surface area contributed by atoms with Crippen LogP contribution in [0.4, 0.5) is 0 Å². The van der Waals surface area contributed by atoms with Gasteiger partial charge in [-0.25, -0.2) is 12.7 Å². The highest BCUT2D eigenvalue weighted by Gasteiger charge is 2.27. The minimum absolute atomic E-state index is 0.0202. The first-order valence-electron chi connectivity index (χ1n) is 5.94. The van der Waals surface area contributed by atoms with Crippen LogP contribution in [-0.4, -0.2) is 49.0 Å². The van der Waals surface area contributed by atoms with Gasteiger partial charge >= 0.3 is 0 Å². The highest BCUT2D eigenvalue weighted by atomic mass is 32.2. The van der Waals surface area contributed by atoms with Crippen molar-refractivity contribution in [2.45, 2.75) is 6.42 Å². The fourth-order valence-corrected chi connectivity index (χ4v) is 3.46. The second kappa shape index (κ2) is 5.54. The van der Waals surface area contributed by atoms with E-state index in [1.54, 1.807) is 6.07 Å². The molecule has 1 aliphatic heterocycles. The van der Waals surface area contributed by atoms with E-state index in [0.717, 1.165) is 0 Å². The largest absolute Gasteiger partial charge is 0.351 e. The van der Waals surface area contributed by atoms with Gasteiger partial charge in [0.05, 0.1) is 5.75 Å². The number of amides is 1. The van der Waals surface area contributed by atoms with Crippen LogP contribution >= 0.6 is 0 Å². The molecule has 2 heterocycles. The minimum atomic E-state index is -3.14. The Morgan fingerprint density at radius 2 is 2.26 bits per heavy atom. The molecule has 104 valence electrons. The number of aromatic nitrogens is 1. The SMILES string of the molecule is O=C(NCCN1CCCS1(=O)=O)c1ccc[nH]c1=O. The summed E-state index contributed by atoms with van der Waals surface area (Å²) in [5.41, 5.74) is -0.444. The molecule has 19 heavy (non-hydrogen) atoms. The molecule has 0 saturated carbocycles. The Morgan fingerprint density at radius 1 is 1.47 bits per heavy atom. The van der Waals surface area contributed by atoms with Crippen LogP contribution in [0.15, 0.2) is 23.1 Å². The van der Waals surface area contributed by atoms with Crippen molar-refractivity contribution in [2.75, 3.05) is 25.4 Å². The van der Waals surface area contributed by atoms with E-state index in [2.05, 4.69) is 10.3 Å². The van der Waals surface area contributed by atoms with Gasteiger partial charge in [0.15, 0.2) is 0 Å². The molecular weight excluding hydrogens is 270 g/mol. The molecule has 8 heteroatoms. The van der Waals surface area contributed by atoms with Crippen molar-refractivity contribution in [3.05, 3.63) is 34.2 Å². The van der Waals surface area contributed by atoms with Crippen molar-refractivity contribution in [1.29, 1.82) is 0 Å². The molecule has 1 aromatic rings. The van der Waals surface area contributed by atoms with E-state index in [4.69, 9.17) is 0 Å². The number of hydrogen-bond donors (Lipinski definition) is 2. The smallest absolute Gasteiger partial charge is 0.260 e. The number of pyridine rings is 1. The van der Waals surface area contributed by atoms with Crippen LogP contribution in [0.2, 0.25) is 0 Å². The molecule has 1 saturated heterocycles. The van der Waals surface area contributed by atoms with Gasteiger partial charge in [-0.3, -0.25) is 9.59 Å². The van der Waals surface area contributed by atoms with E-state index >= 15 is 0 Å². The molecule has 7 nitrogen and oxygen atoms in total. The first-order valence-corrected chi connectivity index (χ1v) is 7.55. The van der Waals surface area contributed by atoms with Crippen LogP contribution in [-0.2, 0) is 10.0 Å². The van der Waals surface area contributed by atoms with Gasteiger partial charge in [0.1, 0.15) is 5.56 Å². The zero-order valence-corrected chi connectivity index (χ0v) is 11.1. The summed E-state index contributed by atoms with van der Waals surface area (Å²) in [6.07, 6.45) is 2.06. The van der Waals surface area contributed by atoms with Gasteiger partial charge in [0.2, 0.25) is 10.0 Å². The Bertz CT molecular complexity index is 623. The number of H-pyrrole nitrogens is 1. The maximum Gasteiger partial charge on any atom is 0.260 e. The summed E-state index contributed by atoms with van der Waals surface area (Å²) in [6.45, 7) is 0.912. The van der Waals surface area contributed by atoms with Gasteiger partial charge in [-0.05, 0) is 18.6 Å². The third-order valence-electron chi connectivity index (χ3n) is 2.91. The standard InChI is InChI=1S/C11H15N3O4S/c15-10-9(3-1-4-12-10)11(16)13-5-7-14-6-2-8-19(14,17)18/h1,3-4H,2,5-8H2,(H,12,15)(H,13,16). The van der Waals surface area contributed by atoms with Crippen molar-refractivity contribution in [3.8, 4) is 0 Å². The molecule has 1 amide bonds. The molecule has 2 rings (SSSR count). The summed E-state index contributed by atoms with van der Waals surface area (Å²) < 4.78 is 24.4. The Balaban J connectivity index is 1.89. The lowest BCUT2D eigenvalue weighted by Gasteiger charge is -2.14. The summed E-state index contributed by atoms with van der Waals surface area (Å²) in [5, 5.41) is 2.54. The molecule has 0 aliphatic carbocycles. The molecule has 1 fully saturated rings. The van der Waals surface area contributed by atoms with Gasteiger partial charge in [-0.2, -0.15) is 0 Å². The van der Waals surface area contributed by atoms with Gasteiger partial charge < -0.3 is 10.3 Å². The van der Waals surface area contributed by atoms with E-state index in [9.17, 15) is 18.0 Å². The van der Waals surface area contributed by atoms with Crippen molar-refractivity contribution in [1.82, 2.24) is 14.6 Å². The third-order valence-corrected chi connectivity index (χ3v) is 4.87. The maximum atomic E-state index is 11.7. The highest BCUT2D eigenvalue weighted by molar-refractivity contribution is 7.89. The lowest BCUT2D eigenvalue weighted by molar-refractivity contribution is 0.0950. The van der Waals surface area contributed by atoms with Crippen LogP contribution in [0.5, 0.6) is 0 Å². The Kier molecular flexibility index (Phi) is 4.01. The molecule has 0 spiro atoms. The maximum absolute atomic E-state index is 11.7. The van der Waals surface area contributed by atoms with Crippen molar-refractivity contribution < 1.29 is 13.2 Å².